The topological polar surface area (TPSA) is 37.4 Å². The number of amides is 2. The second-order valence-electron chi connectivity index (χ2n) is 2.92. The Morgan fingerprint density at radius 1 is 1.20 bits per heavy atom. The van der Waals surface area contributed by atoms with Crippen molar-refractivity contribution in [3.63, 3.8) is 0 Å². The number of para-hydroxylation sites is 1. The maximum atomic E-state index is 13.3. The molecule has 0 N–H and O–H groups in total. The maximum Gasteiger partial charge on any atom is 0.277 e. The van der Waals surface area contributed by atoms with Gasteiger partial charge in [-0.25, -0.2) is 9.29 Å². The summed E-state index contributed by atoms with van der Waals surface area (Å²) in [4.78, 5) is 23.4. The number of carbonyl (C=O) groups is 2. The van der Waals surface area contributed by atoms with Crippen LogP contribution in [0.1, 0.15) is 0 Å². The van der Waals surface area contributed by atoms with Gasteiger partial charge < -0.3 is 0 Å². The van der Waals surface area contributed by atoms with E-state index >= 15 is 0 Å². The summed E-state index contributed by atoms with van der Waals surface area (Å²) in [5.41, 5.74) is -0.0839. The molecular formula is C10H5ClFNO2. The van der Waals surface area contributed by atoms with Crippen LogP contribution in [0, 0.1) is 5.82 Å². The van der Waals surface area contributed by atoms with E-state index in [4.69, 9.17) is 11.6 Å². The summed E-state index contributed by atoms with van der Waals surface area (Å²) in [6, 6.07) is 5.51. The second-order valence-corrected chi connectivity index (χ2v) is 3.33. The van der Waals surface area contributed by atoms with Crippen molar-refractivity contribution in [3.8, 4) is 0 Å². The van der Waals surface area contributed by atoms with Crippen molar-refractivity contribution < 1.29 is 14.0 Å². The van der Waals surface area contributed by atoms with E-state index in [1.165, 1.54) is 24.3 Å². The van der Waals surface area contributed by atoms with Gasteiger partial charge in [0.05, 0.1) is 5.69 Å². The molecule has 1 heterocycles. The molecule has 15 heavy (non-hydrogen) atoms. The van der Waals surface area contributed by atoms with E-state index < -0.39 is 17.6 Å². The van der Waals surface area contributed by atoms with Crippen LogP contribution in [0.3, 0.4) is 0 Å². The van der Waals surface area contributed by atoms with Crippen LogP contribution in [0.15, 0.2) is 35.4 Å². The van der Waals surface area contributed by atoms with Crippen LogP contribution < -0.4 is 4.90 Å². The monoisotopic (exact) mass is 225 g/mol. The minimum absolute atomic E-state index is 0.0839. The molecule has 1 aliphatic rings. The second kappa shape index (κ2) is 3.47. The molecule has 2 amide bonds. The number of imide groups is 1. The Bertz CT molecular complexity index is 484. The van der Waals surface area contributed by atoms with Gasteiger partial charge in [-0.15, -0.1) is 0 Å². The maximum absolute atomic E-state index is 13.3. The number of carbonyl (C=O) groups excluding carboxylic acids is 2. The summed E-state index contributed by atoms with van der Waals surface area (Å²) in [6.45, 7) is 0. The largest absolute Gasteiger partial charge is 0.277 e. The zero-order valence-corrected chi connectivity index (χ0v) is 8.16. The summed E-state index contributed by atoms with van der Waals surface area (Å²) in [5.74, 6) is -1.97. The summed E-state index contributed by atoms with van der Waals surface area (Å²) in [7, 11) is 0. The molecule has 0 atom stereocenters. The average molecular weight is 226 g/mol. The number of halogens is 2. The molecule has 0 radical (unpaired) electrons. The molecule has 2 rings (SSSR count). The highest BCUT2D eigenvalue weighted by Gasteiger charge is 2.32. The van der Waals surface area contributed by atoms with Crippen LogP contribution >= 0.6 is 11.6 Å². The number of hydrogen-bond acceptors (Lipinski definition) is 2. The molecule has 5 heteroatoms. The molecule has 76 valence electrons. The molecule has 3 nitrogen and oxygen atoms in total. The van der Waals surface area contributed by atoms with Gasteiger partial charge in [-0.1, -0.05) is 23.7 Å². The van der Waals surface area contributed by atoms with Crippen molar-refractivity contribution in [3.05, 3.63) is 41.2 Å². The van der Waals surface area contributed by atoms with E-state index in [0.717, 1.165) is 6.08 Å². The molecule has 1 aromatic carbocycles. The van der Waals surface area contributed by atoms with Crippen LogP contribution in [-0.2, 0) is 9.59 Å². The Kier molecular flexibility index (Phi) is 2.28. The SMILES string of the molecule is O=C1C=C(Cl)C(=O)N1c1ccccc1F. The normalized spacial score (nSPS) is 15.9. The molecule has 0 saturated heterocycles. The molecule has 0 aliphatic carbocycles. The fourth-order valence-corrected chi connectivity index (χ4v) is 1.48. The van der Waals surface area contributed by atoms with Crippen LogP contribution in [0.2, 0.25) is 0 Å². The summed E-state index contributed by atoms with van der Waals surface area (Å²) < 4.78 is 13.3. The Labute approximate surface area is 89.7 Å². The van der Waals surface area contributed by atoms with E-state index in [9.17, 15) is 14.0 Å². The van der Waals surface area contributed by atoms with Gasteiger partial charge in [-0.2, -0.15) is 0 Å². The Morgan fingerprint density at radius 3 is 2.40 bits per heavy atom. The van der Waals surface area contributed by atoms with Crippen LogP contribution in [0.25, 0.3) is 0 Å². The first kappa shape index (κ1) is 9.86. The van der Waals surface area contributed by atoms with E-state index in [2.05, 4.69) is 0 Å². The first-order valence-electron chi connectivity index (χ1n) is 4.11. The highest BCUT2D eigenvalue weighted by molar-refractivity contribution is 6.51. The van der Waals surface area contributed by atoms with Gasteiger partial charge in [0.1, 0.15) is 10.8 Å². The van der Waals surface area contributed by atoms with Gasteiger partial charge >= 0.3 is 0 Å². The lowest BCUT2D eigenvalue weighted by Crippen LogP contribution is -2.31. The van der Waals surface area contributed by atoms with Gasteiger partial charge in [-0.3, -0.25) is 9.59 Å². The molecule has 0 saturated carbocycles. The molecule has 1 aromatic rings. The third-order valence-corrected chi connectivity index (χ3v) is 2.24. The van der Waals surface area contributed by atoms with Gasteiger partial charge in [-0.05, 0) is 12.1 Å². The van der Waals surface area contributed by atoms with Gasteiger partial charge in [0, 0.05) is 6.08 Å². The predicted molar refractivity (Wildman–Crippen MR) is 52.8 cm³/mol. The number of rotatable bonds is 1. The van der Waals surface area contributed by atoms with E-state index in [-0.39, 0.29) is 10.7 Å². The van der Waals surface area contributed by atoms with Crippen molar-refractivity contribution >= 4 is 29.1 Å². The van der Waals surface area contributed by atoms with Crippen molar-refractivity contribution in [1.29, 1.82) is 0 Å². The molecule has 0 unspecified atom stereocenters. The minimum atomic E-state index is -0.702. The van der Waals surface area contributed by atoms with Crippen LogP contribution in [-0.4, -0.2) is 11.8 Å². The molecule has 0 aromatic heterocycles. The quantitative estimate of drug-likeness (QED) is 0.684. The summed E-state index contributed by atoms with van der Waals surface area (Å²) in [5, 5.41) is -0.205. The fraction of sp³-hybridized carbons (Fsp3) is 0. The zero-order chi connectivity index (χ0) is 11.0. The highest BCUT2D eigenvalue weighted by atomic mass is 35.5. The van der Waals surface area contributed by atoms with Gasteiger partial charge in [0.2, 0.25) is 0 Å². The van der Waals surface area contributed by atoms with E-state index in [0.29, 0.717) is 4.90 Å². The average Bonchev–Trinajstić information content (AvgIpc) is 2.43. The molecule has 0 spiro atoms. The Balaban J connectivity index is 2.47. The van der Waals surface area contributed by atoms with E-state index in [1.54, 1.807) is 0 Å². The van der Waals surface area contributed by atoms with Crippen LogP contribution in [0.4, 0.5) is 10.1 Å². The number of anilines is 1. The first-order chi connectivity index (χ1) is 7.11. The summed E-state index contributed by atoms with van der Waals surface area (Å²) >= 11 is 5.48. The third-order valence-electron chi connectivity index (χ3n) is 1.97. The van der Waals surface area contributed by atoms with E-state index in [1.807, 2.05) is 0 Å². The zero-order valence-electron chi connectivity index (χ0n) is 7.41. The number of nitrogens with zero attached hydrogens (tertiary/aromatic N) is 1. The van der Waals surface area contributed by atoms with Crippen molar-refractivity contribution in [2.24, 2.45) is 0 Å². The smallest absolute Gasteiger partial charge is 0.269 e. The molecular weight excluding hydrogens is 221 g/mol. The molecule has 0 bridgehead atoms. The van der Waals surface area contributed by atoms with Crippen LogP contribution in [0.5, 0.6) is 0 Å². The van der Waals surface area contributed by atoms with Gasteiger partial charge in [0.15, 0.2) is 0 Å². The Hall–Kier alpha value is -1.68. The first-order valence-corrected chi connectivity index (χ1v) is 4.49. The standard InChI is InChI=1S/C10H5ClFNO2/c11-6-5-9(14)13(10(6)15)8-4-2-1-3-7(8)12/h1-5H. The Morgan fingerprint density at radius 2 is 1.87 bits per heavy atom. The van der Waals surface area contributed by atoms with Crippen molar-refractivity contribution in [2.45, 2.75) is 0 Å². The van der Waals surface area contributed by atoms with Crippen molar-refractivity contribution in [2.75, 3.05) is 4.90 Å². The molecule has 0 fully saturated rings. The highest BCUT2D eigenvalue weighted by Crippen LogP contribution is 2.26. The lowest BCUT2D eigenvalue weighted by Gasteiger charge is -2.14. The minimum Gasteiger partial charge on any atom is -0.269 e. The predicted octanol–water partition coefficient (Wildman–Crippen LogP) is 1.82. The van der Waals surface area contributed by atoms with Gasteiger partial charge in [0.25, 0.3) is 11.8 Å². The number of benzene rings is 1. The third kappa shape index (κ3) is 1.53. The van der Waals surface area contributed by atoms with Crippen molar-refractivity contribution in [1.82, 2.24) is 0 Å². The lowest BCUT2D eigenvalue weighted by molar-refractivity contribution is -0.120. The number of hydrogen-bond donors (Lipinski definition) is 0. The molecule has 1 aliphatic heterocycles. The fourth-order valence-electron chi connectivity index (χ4n) is 1.30. The lowest BCUT2D eigenvalue weighted by atomic mass is 10.3. The summed E-state index contributed by atoms with van der Waals surface area (Å²) in [6.07, 6.45) is 0.969.